The van der Waals surface area contributed by atoms with Gasteiger partial charge in [-0.1, -0.05) is 25.1 Å². The normalized spacial score (nSPS) is 13.1. The molecule has 0 bridgehead atoms. The van der Waals surface area contributed by atoms with Crippen LogP contribution < -0.4 is 5.32 Å². The van der Waals surface area contributed by atoms with Crippen molar-refractivity contribution in [2.45, 2.75) is 25.1 Å². The summed E-state index contributed by atoms with van der Waals surface area (Å²) in [4.78, 5) is 20.6. The number of amidine groups is 1. The lowest BCUT2D eigenvalue weighted by Gasteiger charge is -2.10. The van der Waals surface area contributed by atoms with E-state index in [0.29, 0.717) is 18.9 Å². The molecule has 0 saturated carbocycles. The van der Waals surface area contributed by atoms with E-state index >= 15 is 0 Å². The van der Waals surface area contributed by atoms with E-state index in [1.165, 1.54) is 10.9 Å². The summed E-state index contributed by atoms with van der Waals surface area (Å²) in [7, 11) is 4.02. The lowest BCUT2D eigenvalue weighted by molar-refractivity contribution is -0.463. The third-order valence-electron chi connectivity index (χ3n) is 5.00. The van der Waals surface area contributed by atoms with Crippen LogP contribution >= 0.6 is 11.8 Å². The molecule has 0 spiro atoms. The SMILES string of the molecule is CC(CN=C(C[N+](=O)[O-])NCCSCc1ccc(CN(C)C)o1)c1c[nH]c2ccccc12. The molecule has 0 aliphatic heterocycles. The minimum atomic E-state index is -0.343. The molecule has 0 amide bonds. The molecule has 8 nitrogen and oxygen atoms in total. The summed E-state index contributed by atoms with van der Waals surface area (Å²) in [6, 6.07) is 12.1. The number of aliphatic imine (C=N–C) groups is 1. The van der Waals surface area contributed by atoms with E-state index in [2.05, 4.69) is 33.2 Å². The van der Waals surface area contributed by atoms with E-state index in [9.17, 15) is 10.1 Å². The van der Waals surface area contributed by atoms with Crippen LogP contribution in [0.15, 0.2) is 52.0 Å². The van der Waals surface area contributed by atoms with Gasteiger partial charge < -0.3 is 19.6 Å². The predicted molar refractivity (Wildman–Crippen MR) is 131 cm³/mol. The summed E-state index contributed by atoms with van der Waals surface area (Å²) in [5.41, 5.74) is 2.26. The fourth-order valence-electron chi connectivity index (χ4n) is 3.47. The Morgan fingerprint density at radius 1 is 1.28 bits per heavy atom. The number of benzene rings is 1. The molecule has 0 fully saturated rings. The fraction of sp³-hybridized carbons (Fsp3) is 0.435. The Morgan fingerprint density at radius 3 is 2.84 bits per heavy atom. The van der Waals surface area contributed by atoms with Crippen molar-refractivity contribution in [2.24, 2.45) is 4.99 Å². The maximum Gasteiger partial charge on any atom is 0.259 e. The van der Waals surface area contributed by atoms with Crippen LogP contribution in [0.4, 0.5) is 0 Å². The molecule has 9 heteroatoms. The van der Waals surface area contributed by atoms with Gasteiger partial charge in [-0.25, -0.2) is 0 Å². The number of para-hydroxylation sites is 1. The van der Waals surface area contributed by atoms with Crippen molar-refractivity contribution in [3.63, 3.8) is 0 Å². The number of aromatic nitrogens is 1. The van der Waals surface area contributed by atoms with E-state index in [4.69, 9.17) is 4.42 Å². The summed E-state index contributed by atoms with van der Waals surface area (Å²) in [6.45, 7) is 3.68. The minimum Gasteiger partial charge on any atom is -0.464 e. The van der Waals surface area contributed by atoms with Gasteiger partial charge in [0, 0.05) is 46.8 Å². The zero-order valence-corrected chi connectivity index (χ0v) is 19.7. The van der Waals surface area contributed by atoms with Crippen molar-refractivity contribution in [3.8, 4) is 0 Å². The van der Waals surface area contributed by atoms with Crippen LogP contribution in [-0.2, 0) is 12.3 Å². The Balaban J connectivity index is 1.47. The quantitative estimate of drug-likeness (QED) is 0.139. The van der Waals surface area contributed by atoms with Crippen molar-refractivity contribution >= 4 is 28.5 Å². The van der Waals surface area contributed by atoms with Gasteiger partial charge in [-0.05, 0) is 37.9 Å². The van der Waals surface area contributed by atoms with Crippen LogP contribution in [-0.4, -0.2) is 60.1 Å². The number of rotatable bonds is 12. The standard InChI is InChI=1S/C23H31N5O3S/c1-17(21-13-25-22-7-5-4-6-20(21)22)12-26-23(15-28(29)30)24-10-11-32-16-19-9-8-18(31-19)14-27(2)3/h4-9,13,17,25H,10-12,14-16H2,1-3H3,(H,24,26). The third kappa shape index (κ3) is 7.13. The molecule has 2 heterocycles. The second-order valence-electron chi connectivity index (χ2n) is 8.05. The number of nitro groups is 1. The smallest absolute Gasteiger partial charge is 0.259 e. The Morgan fingerprint density at radius 2 is 2.06 bits per heavy atom. The Hall–Kier alpha value is -2.78. The first kappa shape index (κ1) is 23.9. The van der Waals surface area contributed by atoms with E-state index in [0.717, 1.165) is 35.1 Å². The number of nitrogens with one attached hydrogen (secondary N) is 2. The second-order valence-corrected chi connectivity index (χ2v) is 9.16. The van der Waals surface area contributed by atoms with E-state index in [-0.39, 0.29) is 17.4 Å². The highest BCUT2D eigenvalue weighted by atomic mass is 32.2. The molecule has 2 N–H and O–H groups in total. The third-order valence-corrected chi connectivity index (χ3v) is 5.98. The first-order valence-corrected chi connectivity index (χ1v) is 11.8. The van der Waals surface area contributed by atoms with Crippen molar-refractivity contribution < 1.29 is 9.34 Å². The Labute approximate surface area is 192 Å². The minimum absolute atomic E-state index is 0.152. The van der Waals surface area contributed by atoms with Gasteiger partial charge >= 0.3 is 0 Å². The van der Waals surface area contributed by atoms with Crippen LogP contribution in [0.25, 0.3) is 10.9 Å². The Bertz CT molecular complexity index is 1040. The molecular formula is C23H31N5O3S. The van der Waals surface area contributed by atoms with E-state index in [1.54, 1.807) is 11.8 Å². The van der Waals surface area contributed by atoms with Gasteiger partial charge in [-0.2, -0.15) is 11.8 Å². The van der Waals surface area contributed by atoms with Gasteiger partial charge in [0.1, 0.15) is 11.5 Å². The molecule has 1 aromatic carbocycles. The summed E-state index contributed by atoms with van der Waals surface area (Å²) in [5, 5.41) is 15.4. The number of nitrogens with zero attached hydrogens (tertiary/aromatic N) is 3. The van der Waals surface area contributed by atoms with Gasteiger partial charge in [-0.15, -0.1) is 0 Å². The predicted octanol–water partition coefficient (Wildman–Crippen LogP) is 4.12. The highest BCUT2D eigenvalue weighted by Gasteiger charge is 2.13. The van der Waals surface area contributed by atoms with Crippen LogP contribution in [0, 0.1) is 10.1 Å². The maximum atomic E-state index is 11.1. The molecule has 2 aromatic heterocycles. The van der Waals surface area contributed by atoms with Gasteiger partial charge in [-0.3, -0.25) is 15.1 Å². The number of fused-ring (bicyclic) bond motifs is 1. The largest absolute Gasteiger partial charge is 0.464 e. The molecule has 3 rings (SSSR count). The van der Waals surface area contributed by atoms with Gasteiger partial charge in [0.25, 0.3) is 6.54 Å². The van der Waals surface area contributed by atoms with E-state index in [1.807, 2.05) is 50.6 Å². The average molecular weight is 458 g/mol. The Kier molecular flexibility index (Phi) is 8.75. The average Bonchev–Trinajstić information content (AvgIpc) is 3.37. The van der Waals surface area contributed by atoms with Gasteiger partial charge in [0.15, 0.2) is 5.84 Å². The lowest BCUT2D eigenvalue weighted by atomic mass is 10.0. The summed E-state index contributed by atoms with van der Waals surface area (Å²) in [5.74, 6) is 4.05. The van der Waals surface area contributed by atoms with Crippen molar-refractivity contribution in [2.75, 3.05) is 39.5 Å². The van der Waals surface area contributed by atoms with Crippen LogP contribution in [0.2, 0.25) is 0 Å². The topological polar surface area (TPSA) is 99.7 Å². The molecule has 1 atom stereocenters. The summed E-state index contributed by atoms with van der Waals surface area (Å²) >= 11 is 1.72. The fourth-order valence-corrected chi connectivity index (χ4v) is 4.22. The summed E-state index contributed by atoms with van der Waals surface area (Å²) in [6.07, 6.45) is 2.00. The molecule has 3 aromatic rings. The zero-order valence-electron chi connectivity index (χ0n) is 18.8. The maximum absolute atomic E-state index is 11.1. The molecule has 0 saturated heterocycles. The van der Waals surface area contributed by atoms with Crippen molar-refractivity contribution in [1.82, 2.24) is 15.2 Å². The molecule has 172 valence electrons. The van der Waals surface area contributed by atoms with Crippen molar-refractivity contribution in [1.29, 1.82) is 0 Å². The first-order valence-electron chi connectivity index (χ1n) is 10.7. The number of hydrogen-bond donors (Lipinski definition) is 2. The number of H-pyrrole nitrogens is 1. The van der Waals surface area contributed by atoms with Crippen LogP contribution in [0.5, 0.6) is 0 Å². The number of thioether (sulfide) groups is 1. The molecule has 1 unspecified atom stereocenters. The molecule has 0 aliphatic rings. The lowest BCUT2D eigenvalue weighted by Crippen LogP contribution is -2.32. The first-order chi connectivity index (χ1) is 15.4. The second kappa shape index (κ2) is 11.7. The highest BCUT2D eigenvalue weighted by Crippen LogP contribution is 2.25. The van der Waals surface area contributed by atoms with E-state index < -0.39 is 0 Å². The molecule has 0 radical (unpaired) electrons. The molecular weight excluding hydrogens is 426 g/mol. The zero-order chi connectivity index (χ0) is 22.9. The summed E-state index contributed by atoms with van der Waals surface area (Å²) < 4.78 is 5.81. The van der Waals surface area contributed by atoms with Gasteiger partial charge in [0.2, 0.25) is 0 Å². The van der Waals surface area contributed by atoms with Crippen molar-refractivity contribution in [3.05, 3.63) is 69.8 Å². The van der Waals surface area contributed by atoms with Crippen LogP contribution in [0.3, 0.4) is 0 Å². The molecule has 0 aliphatic carbocycles. The van der Waals surface area contributed by atoms with Crippen LogP contribution in [0.1, 0.15) is 29.9 Å². The monoisotopic (exact) mass is 457 g/mol. The number of aromatic amines is 1. The van der Waals surface area contributed by atoms with Gasteiger partial charge in [0.05, 0.1) is 12.3 Å². The number of furan rings is 1. The molecule has 32 heavy (non-hydrogen) atoms. The highest BCUT2D eigenvalue weighted by molar-refractivity contribution is 7.98. The number of hydrogen-bond acceptors (Lipinski definition) is 6.